The topological polar surface area (TPSA) is 109 Å². The molecule has 2 heterocycles. The van der Waals surface area contributed by atoms with Crippen molar-refractivity contribution in [2.24, 2.45) is 10.2 Å². The Balaban J connectivity index is 1.64. The first-order valence-corrected chi connectivity index (χ1v) is 9.05. The molecule has 8 nitrogen and oxygen atoms in total. The lowest BCUT2D eigenvalue weighted by Crippen LogP contribution is -2.20. The van der Waals surface area contributed by atoms with Crippen LogP contribution in [0, 0.1) is 0 Å². The maximum Gasteiger partial charge on any atom is 0.240 e. The summed E-state index contributed by atoms with van der Waals surface area (Å²) >= 11 is 0. The summed E-state index contributed by atoms with van der Waals surface area (Å²) in [5.74, 6) is -0.389. The summed E-state index contributed by atoms with van der Waals surface area (Å²) in [6, 6.07) is 11.0. The summed E-state index contributed by atoms with van der Waals surface area (Å²) in [5, 5.41) is 8.07. The van der Waals surface area contributed by atoms with Gasteiger partial charge in [0, 0.05) is 25.2 Å². The molecule has 0 bridgehead atoms. The van der Waals surface area contributed by atoms with E-state index >= 15 is 0 Å². The molecule has 2 N–H and O–H groups in total. The molecule has 2 rings (SSSR count). The SMILES string of the molecule is C/C(=N/NC(=O)CCCCC(=O)N/N=C(/C)c1ccccn1)c1ccccn1. The summed E-state index contributed by atoms with van der Waals surface area (Å²) < 4.78 is 0. The molecule has 0 radical (unpaired) electrons. The molecule has 0 aliphatic heterocycles. The molecule has 0 saturated carbocycles. The Labute approximate surface area is 164 Å². The standard InChI is InChI=1S/C20H24N6O2/c1-15(17-9-5-7-13-21-17)23-25-19(27)11-3-4-12-20(28)26-24-16(2)18-10-6-8-14-22-18/h5-10,13-14H,3-4,11-12H2,1-2H3,(H,25,27)(H,26,28)/b23-15-,24-16-. The van der Waals surface area contributed by atoms with Crippen LogP contribution in [0.4, 0.5) is 0 Å². The van der Waals surface area contributed by atoms with Crippen molar-refractivity contribution in [2.75, 3.05) is 0 Å². The predicted octanol–water partition coefficient (Wildman–Crippen LogP) is 2.42. The lowest BCUT2D eigenvalue weighted by atomic mass is 10.2. The van der Waals surface area contributed by atoms with Gasteiger partial charge in [0.2, 0.25) is 11.8 Å². The van der Waals surface area contributed by atoms with Gasteiger partial charge in [0.25, 0.3) is 0 Å². The second kappa shape index (κ2) is 11.3. The van der Waals surface area contributed by atoms with Crippen molar-refractivity contribution in [3.8, 4) is 0 Å². The first-order chi connectivity index (χ1) is 13.6. The van der Waals surface area contributed by atoms with Crippen LogP contribution in [0.5, 0.6) is 0 Å². The Bertz CT molecular complexity index is 763. The summed E-state index contributed by atoms with van der Waals surface area (Å²) in [7, 11) is 0. The van der Waals surface area contributed by atoms with Gasteiger partial charge in [-0.25, -0.2) is 10.9 Å². The van der Waals surface area contributed by atoms with Crippen LogP contribution in [0.1, 0.15) is 50.9 Å². The van der Waals surface area contributed by atoms with E-state index < -0.39 is 0 Å². The van der Waals surface area contributed by atoms with E-state index in [9.17, 15) is 9.59 Å². The Hall–Kier alpha value is -3.42. The second-order valence-corrected chi connectivity index (χ2v) is 6.10. The fourth-order valence-corrected chi connectivity index (χ4v) is 2.24. The van der Waals surface area contributed by atoms with Crippen LogP contribution in [-0.4, -0.2) is 33.2 Å². The number of hydrogen-bond donors (Lipinski definition) is 2. The van der Waals surface area contributed by atoms with Crippen LogP contribution in [0.25, 0.3) is 0 Å². The van der Waals surface area contributed by atoms with E-state index in [1.54, 1.807) is 26.2 Å². The quantitative estimate of drug-likeness (QED) is 0.395. The molecular weight excluding hydrogens is 356 g/mol. The minimum absolute atomic E-state index is 0.195. The van der Waals surface area contributed by atoms with Crippen LogP contribution in [0.3, 0.4) is 0 Å². The lowest BCUT2D eigenvalue weighted by Gasteiger charge is -2.03. The summed E-state index contributed by atoms with van der Waals surface area (Å²) in [6.07, 6.45) is 5.10. The normalized spacial score (nSPS) is 11.8. The van der Waals surface area contributed by atoms with E-state index in [-0.39, 0.29) is 11.8 Å². The Kier molecular flexibility index (Phi) is 8.45. The molecule has 28 heavy (non-hydrogen) atoms. The van der Waals surface area contributed by atoms with Gasteiger partial charge in [-0.05, 0) is 51.0 Å². The third-order valence-corrected chi connectivity index (χ3v) is 3.83. The molecule has 0 atom stereocenters. The molecular formula is C20H24N6O2. The number of carbonyl (C=O) groups is 2. The number of amides is 2. The van der Waals surface area contributed by atoms with Gasteiger partial charge < -0.3 is 0 Å². The summed E-state index contributed by atoms with van der Waals surface area (Å²) in [5.41, 5.74) is 7.70. The van der Waals surface area contributed by atoms with Crippen LogP contribution in [-0.2, 0) is 9.59 Å². The van der Waals surface area contributed by atoms with Crippen molar-refractivity contribution >= 4 is 23.2 Å². The first-order valence-electron chi connectivity index (χ1n) is 9.05. The smallest absolute Gasteiger partial charge is 0.240 e. The number of nitrogens with one attached hydrogen (secondary N) is 2. The molecule has 0 aliphatic carbocycles. The molecule has 0 fully saturated rings. The van der Waals surface area contributed by atoms with Gasteiger partial charge in [0.05, 0.1) is 22.8 Å². The maximum atomic E-state index is 11.8. The number of carbonyl (C=O) groups excluding carboxylic acids is 2. The van der Waals surface area contributed by atoms with E-state index in [4.69, 9.17) is 0 Å². The molecule has 0 spiro atoms. The number of unbranched alkanes of at least 4 members (excludes halogenated alkanes) is 1. The van der Waals surface area contributed by atoms with E-state index in [1.807, 2.05) is 36.4 Å². The van der Waals surface area contributed by atoms with Gasteiger partial charge in [0.1, 0.15) is 0 Å². The molecule has 2 aromatic heterocycles. The second-order valence-electron chi connectivity index (χ2n) is 6.10. The van der Waals surface area contributed by atoms with Crippen LogP contribution in [0.15, 0.2) is 59.0 Å². The highest BCUT2D eigenvalue weighted by Crippen LogP contribution is 2.01. The van der Waals surface area contributed by atoms with Gasteiger partial charge in [-0.15, -0.1) is 0 Å². The number of nitrogens with zero attached hydrogens (tertiary/aromatic N) is 4. The molecule has 2 amide bonds. The molecule has 2 aromatic rings. The largest absolute Gasteiger partial charge is 0.273 e. The van der Waals surface area contributed by atoms with Gasteiger partial charge in [-0.3, -0.25) is 19.6 Å². The Morgan fingerprint density at radius 3 is 1.57 bits per heavy atom. The fourth-order valence-electron chi connectivity index (χ4n) is 2.24. The highest BCUT2D eigenvalue weighted by molar-refractivity contribution is 5.98. The number of pyridine rings is 2. The maximum absolute atomic E-state index is 11.8. The van der Waals surface area contributed by atoms with Crippen molar-refractivity contribution < 1.29 is 9.59 Å². The van der Waals surface area contributed by atoms with Crippen molar-refractivity contribution in [3.05, 3.63) is 60.2 Å². The molecule has 0 aliphatic rings. The third kappa shape index (κ3) is 7.45. The molecule has 146 valence electrons. The number of hydrogen-bond acceptors (Lipinski definition) is 6. The van der Waals surface area contributed by atoms with Gasteiger partial charge >= 0.3 is 0 Å². The van der Waals surface area contributed by atoms with E-state index in [0.717, 1.165) is 0 Å². The van der Waals surface area contributed by atoms with E-state index in [2.05, 4.69) is 31.0 Å². The highest BCUT2D eigenvalue weighted by Gasteiger charge is 2.05. The van der Waals surface area contributed by atoms with Crippen LogP contribution < -0.4 is 10.9 Å². The molecule has 0 aromatic carbocycles. The van der Waals surface area contributed by atoms with Crippen molar-refractivity contribution in [1.82, 2.24) is 20.8 Å². The number of rotatable bonds is 9. The van der Waals surface area contributed by atoms with E-state index in [0.29, 0.717) is 48.5 Å². The van der Waals surface area contributed by atoms with Crippen molar-refractivity contribution in [2.45, 2.75) is 39.5 Å². The highest BCUT2D eigenvalue weighted by atomic mass is 16.2. The van der Waals surface area contributed by atoms with Crippen molar-refractivity contribution in [1.29, 1.82) is 0 Å². The fraction of sp³-hybridized carbons (Fsp3) is 0.300. The lowest BCUT2D eigenvalue weighted by molar-refractivity contribution is -0.123. The average molecular weight is 380 g/mol. The monoisotopic (exact) mass is 380 g/mol. The zero-order valence-electron chi connectivity index (χ0n) is 16.1. The van der Waals surface area contributed by atoms with Crippen LogP contribution in [0.2, 0.25) is 0 Å². The molecule has 0 saturated heterocycles. The minimum Gasteiger partial charge on any atom is -0.273 e. The first kappa shape index (κ1) is 20.9. The molecule has 8 heteroatoms. The van der Waals surface area contributed by atoms with Crippen LogP contribution >= 0.6 is 0 Å². The third-order valence-electron chi connectivity index (χ3n) is 3.83. The van der Waals surface area contributed by atoms with Gasteiger partial charge in [-0.1, -0.05) is 12.1 Å². The summed E-state index contributed by atoms with van der Waals surface area (Å²) in [6.45, 7) is 3.56. The van der Waals surface area contributed by atoms with Gasteiger partial charge in [0.15, 0.2) is 0 Å². The zero-order chi connectivity index (χ0) is 20.2. The Morgan fingerprint density at radius 2 is 1.21 bits per heavy atom. The van der Waals surface area contributed by atoms with Gasteiger partial charge in [-0.2, -0.15) is 10.2 Å². The zero-order valence-corrected chi connectivity index (χ0v) is 16.1. The Morgan fingerprint density at radius 1 is 0.786 bits per heavy atom. The number of aromatic nitrogens is 2. The predicted molar refractivity (Wildman–Crippen MR) is 108 cm³/mol. The molecule has 0 unspecified atom stereocenters. The number of hydrazone groups is 2. The average Bonchev–Trinajstić information content (AvgIpc) is 2.74. The minimum atomic E-state index is -0.195. The van der Waals surface area contributed by atoms with E-state index in [1.165, 1.54) is 0 Å². The van der Waals surface area contributed by atoms with Crippen molar-refractivity contribution in [3.63, 3.8) is 0 Å². The summed E-state index contributed by atoms with van der Waals surface area (Å²) in [4.78, 5) is 32.0.